The average Bonchev–Trinajstić information content (AvgIpc) is 2.94. The predicted octanol–water partition coefficient (Wildman–Crippen LogP) is 3.31. The molecule has 2 N–H and O–H groups in total. The van der Waals surface area contributed by atoms with Crippen molar-refractivity contribution < 1.29 is 9.53 Å². The highest BCUT2D eigenvalue weighted by atomic mass is 32.1. The van der Waals surface area contributed by atoms with Crippen LogP contribution in [0.4, 0.5) is 9.93 Å². The lowest BCUT2D eigenvalue weighted by molar-refractivity contribution is 0.251. The van der Waals surface area contributed by atoms with Crippen LogP contribution in [-0.4, -0.2) is 29.9 Å². The van der Waals surface area contributed by atoms with Crippen LogP contribution in [0.2, 0.25) is 0 Å². The molecule has 0 bridgehead atoms. The van der Waals surface area contributed by atoms with Crippen molar-refractivity contribution in [1.82, 2.24) is 15.5 Å². The molecule has 0 aliphatic rings. The number of carbonyl (C=O) groups excluding carboxylic acids is 1. The van der Waals surface area contributed by atoms with Gasteiger partial charge in [0.1, 0.15) is 10.8 Å². The normalized spacial score (nSPS) is 10.6. The van der Waals surface area contributed by atoms with Crippen molar-refractivity contribution in [2.45, 2.75) is 26.7 Å². The van der Waals surface area contributed by atoms with Crippen LogP contribution in [0, 0.1) is 5.92 Å². The molecule has 1 aromatic carbocycles. The van der Waals surface area contributed by atoms with Gasteiger partial charge in [-0.05, 0) is 30.0 Å². The molecule has 23 heavy (non-hydrogen) atoms. The Hall–Kier alpha value is -2.15. The molecular weight excluding hydrogens is 312 g/mol. The number of nitrogens with one attached hydrogen (secondary N) is 2. The Labute approximate surface area is 140 Å². The molecule has 0 saturated carbocycles. The first-order valence-electron chi connectivity index (χ1n) is 7.57. The van der Waals surface area contributed by atoms with Gasteiger partial charge in [-0.2, -0.15) is 0 Å². The molecule has 1 heterocycles. The quantitative estimate of drug-likeness (QED) is 0.814. The smallest absolute Gasteiger partial charge is 0.321 e. The Balaban J connectivity index is 1.86. The van der Waals surface area contributed by atoms with Crippen LogP contribution in [0.15, 0.2) is 24.3 Å². The van der Waals surface area contributed by atoms with Crippen LogP contribution in [0.3, 0.4) is 0 Å². The fraction of sp³-hybridized carbons (Fsp3) is 0.438. The van der Waals surface area contributed by atoms with E-state index < -0.39 is 0 Å². The maximum atomic E-state index is 11.7. The van der Waals surface area contributed by atoms with Gasteiger partial charge in [0.2, 0.25) is 5.13 Å². The van der Waals surface area contributed by atoms with Crippen molar-refractivity contribution in [3.63, 3.8) is 0 Å². The van der Waals surface area contributed by atoms with Gasteiger partial charge in [-0.25, -0.2) is 4.79 Å². The lowest BCUT2D eigenvalue weighted by Gasteiger charge is -2.06. The Bertz CT molecular complexity index is 643. The zero-order valence-electron chi connectivity index (χ0n) is 13.6. The second-order valence-corrected chi connectivity index (χ2v) is 6.65. The molecule has 7 heteroatoms. The van der Waals surface area contributed by atoms with Crippen molar-refractivity contribution in [2.24, 2.45) is 5.92 Å². The number of amides is 2. The van der Waals surface area contributed by atoms with Crippen LogP contribution < -0.4 is 15.4 Å². The third kappa shape index (κ3) is 5.86. The summed E-state index contributed by atoms with van der Waals surface area (Å²) in [5, 5.41) is 15.0. The summed E-state index contributed by atoms with van der Waals surface area (Å²) in [7, 11) is 1.64. The maximum Gasteiger partial charge on any atom is 0.321 e. The van der Waals surface area contributed by atoms with Gasteiger partial charge in [-0.1, -0.05) is 37.3 Å². The second kappa shape index (κ2) is 8.47. The summed E-state index contributed by atoms with van der Waals surface area (Å²) in [6.45, 7) is 4.89. The number of urea groups is 1. The zero-order valence-corrected chi connectivity index (χ0v) is 14.4. The van der Waals surface area contributed by atoms with Crippen LogP contribution in [0.1, 0.15) is 30.8 Å². The molecule has 0 spiro atoms. The lowest BCUT2D eigenvalue weighted by Crippen LogP contribution is -2.30. The molecule has 0 atom stereocenters. The molecule has 2 amide bonds. The first-order valence-corrected chi connectivity index (χ1v) is 8.38. The van der Waals surface area contributed by atoms with E-state index in [0.717, 1.165) is 22.7 Å². The number of rotatable bonds is 7. The van der Waals surface area contributed by atoms with Gasteiger partial charge in [0.25, 0.3) is 0 Å². The molecule has 0 radical (unpaired) electrons. The predicted molar refractivity (Wildman–Crippen MR) is 92.2 cm³/mol. The number of aromatic nitrogens is 2. The molecule has 0 saturated heterocycles. The fourth-order valence-corrected chi connectivity index (χ4v) is 2.72. The number of carbonyl (C=O) groups is 1. The maximum absolute atomic E-state index is 11.7. The highest BCUT2D eigenvalue weighted by Crippen LogP contribution is 2.20. The first kappa shape index (κ1) is 17.2. The molecule has 1 aromatic heterocycles. The fourth-order valence-electron chi connectivity index (χ4n) is 1.95. The van der Waals surface area contributed by atoms with E-state index in [0.29, 0.717) is 24.0 Å². The highest BCUT2D eigenvalue weighted by Gasteiger charge is 2.09. The van der Waals surface area contributed by atoms with Crippen LogP contribution >= 0.6 is 11.3 Å². The molecule has 0 unspecified atom stereocenters. The molecule has 0 aliphatic carbocycles. The summed E-state index contributed by atoms with van der Waals surface area (Å²) in [6, 6.07) is 7.58. The van der Waals surface area contributed by atoms with Crippen molar-refractivity contribution in [2.75, 3.05) is 19.0 Å². The summed E-state index contributed by atoms with van der Waals surface area (Å²) in [5.41, 5.74) is 1.09. The summed E-state index contributed by atoms with van der Waals surface area (Å²) >= 11 is 1.37. The number of anilines is 1. The number of ether oxygens (including phenoxy) is 1. The van der Waals surface area contributed by atoms with Gasteiger partial charge in [0.15, 0.2) is 0 Å². The summed E-state index contributed by atoms with van der Waals surface area (Å²) < 4.78 is 5.21. The highest BCUT2D eigenvalue weighted by molar-refractivity contribution is 7.15. The largest absolute Gasteiger partial charge is 0.497 e. The molecule has 2 aromatic rings. The third-order valence-corrected chi connectivity index (χ3v) is 4.02. The van der Waals surface area contributed by atoms with E-state index >= 15 is 0 Å². The Morgan fingerprint density at radius 1 is 1.35 bits per heavy atom. The molecule has 6 nitrogen and oxygen atoms in total. The number of benzene rings is 1. The van der Waals surface area contributed by atoms with Gasteiger partial charge >= 0.3 is 6.03 Å². The van der Waals surface area contributed by atoms with E-state index in [9.17, 15) is 4.79 Å². The summed E-state index contributed by atoms with van der Waals surface area (Å²) in [6.07, 6.45) is 1.61. The van der Waals surface area contributed by atoms with E-state index in [4.69, 9.17) is 4.74 Å². The van der Waals surface area contributed by atoms with Crippen molar-refractivity contribution >= 4 is 22.5 Å². The first-order chi connectivity index (χ1) is 11.1. The molecular formula is C16H22N4O2S. The standard InChI is InChI=1S/C16H22N4O2S/c1-11(2)7-8-17-15(21)18-16-20-19-14(23-16)10-12-5-4-6-13(9-12)22-3/h4-6,9,11H,7-8,10H2,1-3H3,(H2,17,18,20,21). The Morgan fingerprint density at radius 3 is 2.91 bits per heavy atom. The lowest BCUT2D eigenvalue weighted by atomic mass is 10.1. The van der Waals surface area contributed by atoms with Crippen LogP contribution in [0.25, 0.3) is 0 Å². The monoisotopic (exact) mass is 334 g/mol. The van der Waals surface area contributed by atoms with E-state index in [1.165, 1.54) is 11.3 Å². The van der Waals surface area contributed by atoms with Gasteiger partial charge in [-0.15, -0.1) is 10.2 Å². The van der Waals surface area contributed by atoms with Crippen molar-refractivity contribution in [3.05, 3.63) is 34.8 Å². The number of hydrogen-bond donors (Lipinski definition) is 2. The number of hydrogen-bond acceptors (Lipinski definition) is 5. The molecule has 0 fully saturated rings. The van der Waals surface area contributed by atoms with E-state index in [1.807, 2.05) is 24.3 Å². The van der Waals surface area contributed by atoms with E-state index in [-0.39, 0.29) is 6.03 Å². The van der Waals surface area contributed by atoms with Gasteiger partial charge < -0.3 is 10.1 Å². The van der Waals surface area contributed by atoms with Gasteiger partial charge in [0, 0.05) is 13.0 Å². The molecule has 0 aliphatic heterocycles. The number of methoxy groups -OCH3 is 1. The number of nitrogens with zero attached hydrogens (tertiary/aromatic N) is 2. The van der Waals surface area contributed by atoms with Crippen LogP contribution in [0.5, 0.6) is 5.75 Å². The minimum Gasteiger partial charge on any atom is -0.497 e. The zero-order chi connectivity index (χ0) is 16.7. The third-order valence-electron chi connectivity index (χ3n) is 3.18. The van der Waals surface area contributed by atoms with Crippen molar-refractivity contribution in [3.8, 4) is 5.75 Å². The molecule has 124 valence electrons. The average molecular weight is 334 g/mol. The SMILES string of the molecule is COc1cccc(Cc2nnc(NC(=O)NCCC(C)C)s2)c1. The van der Waals surface area contributed by atoms with Crippen LogP contribution in [-0.2, 0) is 6.42 Å². The summed E-state index contributed by atoms with van der Waals surface area (Å²) in [5.74, 6) is 1.38. The molecule has 2 rings (SSSR count). The topological polar surface area (TPSA) is 76.1 Å². The van der Waals surface area contributed by atoms with Gasteiger partial charge in [-0.3, -0.25) is 5.32 Å². The Kier molecular flexibility index (Phi) is 6.34. The van der Waals surface area contributed by atoms with Gasteiger partial charge in [0.05, 0.1) is 7.11 Å². The minimum atomic E-state index is -0.241. The minimum absolute atomic E-state index is 0.241. The van der Waals surface area contributed by atoms with E-state index in [2.05, 4.69) is 34.7 Å². The second-order valence-electron chi connectivity index (χ2n) is 5.59. The Morgan fingerprint density at radius 2 is 2.17 bits per heavy atom. The van der Waals surface area contributed by atoms with E-state index in [1.54, 1.807) is 7.11 Å². The van der Waals surface area contributed by atoms with Crippen molar-refractivity contribution in [1.29, 1.82) is 0 Å². The summed E-state index contributed by atoms with van der Waals surface area (Å²) in [4.78, 5) is 11.7.